The molecular formula is C20H22O. The van der Waals surface area contributed by atoms with E-state index in [1.807, 2.05) is 36.4 Å². The van der Waals surface area contributed by atoms with Gasteiger partial charge in [0.05, 0.1) is 0 Å². The summed E-state index contributed by atoms with van der Waals surface area (Å²) in [5.41, 5.74) is 4.53. The van der Waals surface area contributed by atoms with Crippen LogP contribution in [-0.4, -0.2) is 5.78 Å². The van der Waals surface area contributed by atoms with Crippen LogP contribution in [-0.2, 0) is 6.42 Å². The molecule has 0 fully saturated rings. The molecule has 0 atom stereocenters. The summed E-state index contributed by atoms with van der Waals surface area (Å²) in [6.45, 7) is 4.35. The molecule has 108 valence electrons. The summed E-state index contributed by atoms with van der Waals surface area (Å²) in [6.07, 6.45) is 7.08. The molecule has 0 bridgehead atoms. The van der Waals surface area contributed by atoms with Crippen molar-refractivity contribution in [2.45, 2.75) is 33.1 Å². The Morgan fingerprint density at radius 1 is 1.10 bits per heavy atom. The van der Waals surface area contributed by atoms with Gasteiger partial charge in [0, 0.05) is 5.56 Å². The van der Waals surface area contributed by atoms with E-state index in [9.17, 15) is 4.79 Å². The van der Waals surface area contributed by atoms with Gasteiger partial charge in [0.25, 0.3) is 0 Å². The summed E-state index contributed by atoms with van der Waals surface area (Å²) in [6, 6.07) is 15.8. The normalized spacial score (nSPS) is 11.0. The second-order valence-electron chi connectivity index (χ2n) is 5.35. The maximum absolute atomic E-state index is 12.1. The van der Waals surface area contributed by atoms with Crippen LogP contribution in [0.1, 0.15) is 46.8 Å². The first-order chi connectivity index (χ1) is 10.2. The van der Waals surface area contributed by atoms with Gasteiger partial charge in [-0.15, -0.1) is 0 Å². The van der Waals surface area contributed by atoms with Crippen molar-refractivity contribution in [1.29, 1.82) is 0 Å². The first-order valence-corrected chi connectivity index (χ1v) is 7.57. The Balaban J connectivity index is 2.12. The van der Waals surface area contributed by atoms with Gasteiger partial charge in [-0.2, -0.15) is 0 Å². The highest BCUT2D eigenvalue weighted by atomic mass is 16.1. The molecule has 2 rings (SSSR count). The smallest absolute Gasteiger partial charge is 0.185 e. The van der Waals surface area contributed by atoms with E-state index in [0.717, 1.165) is 17.5 Å². The monoisotopic (exact) mass is 278 g/mol. The minimum atomic E-state index is 0.0475. The lowest BCUT2D eigenvalue weighted by atomic mass is 9.99. The van der Waals surface area contributed by atoms with E-state index in [2.05, 4.69) is 32.0 Å². The number of benzene rings is 2. The van der Waals surface area contributed by atoms with Crippen LogP contribution >= 0.6 is 0 Å². The summed E-state index contributed by atoms with van der Waals surface area (Å²) in [5.74, 6) is 0.0475. The Bertz CT molecular complexity index is 624. The highest BCUT2D eigenvalue weighted by Gasteiger charge is 2.01. The van der Waals surface area contributed by atoms with Gasteiger partial charge in [-0.05, 0) is 42.5 Å². The van der Waals surface area contributed by atoms with Gasteiger partial charge in [-0.1, -0.05) is 68.0 Å². The Hall–Kier alpha value is -2.15. The molecule has 0 amide bonds. The zero-order valence-electron chi connectivity index (χ0n) is 12.8. The molecule has 2 aromatic rings. The van der Waals surface area contributed by atoms with E-state index in [1.165, 1.54) is 24.0 Å². The Labute approximate surface area is 127 Å². The Kier molecular flexibility index (Phi) is 5.51. The molecule has 1 heteroatoms. The van der Waals surface area contributed by atoms with Gasteiger partial charge >= 0.3 is 0 Å². The molecule has 0 saturated carbocycles. The van der Waals surface area contributed by atoms with Crippen molar-refractivity contribution < 1.29 is 4.79 Å². The molecule has 0 N–H and O–H groups in total. The standard InChI is InChI=1S/C20H22O/c1-3-4-8-19-15-17(12-11-16(19)2)13-14-20(21)18-9-6-5-7-10-18/h5-7,9-15H,3-4,8H2,1-2H3. The fourth-order valence-corrected chi connectivity index (χ4v) is 2.30. The van der Waals surface area contributed by atoms with Crippen LogP contribution in [0.5, 0.6) is 0 Å². The van der Waals surface area contributed by atoms with Crippen LogP contribution in [0.4, 0.5) is 0 Å². The van der Waals surface area contributed by atoms with Crippen molar-refractivity contribution in [3.8, 4) is 0 Å². The molecule has 0 saturated heterocycles. The Morgan fingerprint density at radius 3 is 2.57 bits per heavy atom. The second kappa shape index (κ2) is 7.58. The van der Waals surface area contributed by atoms with Gasteiger partial charge in [-0.3, -0.25) is 4.79 Å². The summed E-state index contributed by atoms with van der Waals surface area (Å²) in [4.78, 5) is 12.1. The van der Waals surface area contributed by atoms with Crippen LogP contribution in [0.3, 0.4) is 0 Å². The van der Waals surface area contributed by atoms with Crippen LogP contribution < -0.4 is 0 Å². The van der Waals surface area contributed by atoms with Gasteiger partial charge in [0.2, 0.25) is 0 Å². The highest BCUT2D eigenvalue weighted by Crippen LogP contribution is 2.15. The zero-order chi connectivity index (χ0) is 15.1. The predicted molar refractivity (Wildman–Crippen MR) is 89.6 cm³/mol. The predicted octanol–water partition coefficient (Wildman–Crippen LogP) is 5.23. The Morgan fingerprint density at radius 2 is 1.86 bits per heavy atom. The molecule has 0 radical (unpaired) electrons. The first kappa shape index (κ1) is 15.2. The van der Waals surface area contributed by atoms with E-state index in [4.69, 9.17) is 0 Å². The number of unbranched alkanes of at least 4 members (excludes halogenated alkanes) is 1. The van der Waals surface area contributed by atoms with E-state index in [1.54, 1.807) is 6.08 Å². The third-order valence-corrected chi connectivity index (χ3v) is 3.66. The number of ketones is 1. The van der Waals surface area contributed by atoms with E-state index in [-0.39, 0.29) is 5.78 Å². The highest BCUT2D eigenvalue weighted by molar-refractivity contribution is 6.06. The van der Waals surface area contributed by atoms with Crippen molar-refractivity contribution in [1.82, 2.24) is 0 Å². The zero-order valence-corrected chi connectivity index (χ0v) is 12.8. The second-order valence-corrected chi connectivity index (χ2v) is 5.35. The number of aryl methyl sites for hydroxylation is 2. The fourth-order valence-electron chi connectivity index (χ4n) is 2.30. The maximum Gasteiger partial charge on any atom is 0.185 e. The molecule has 0 unspecified atom stereocenters. The van der Waals surface area contributed by atoms with Crippen molar-refractivity contribution in [2.24, 2.45) is 0 Å². The van der Waals surface area contributed by atoms with Crippen molar-refractivity contribution in [2.75, 3.05) is 0 Å². The number of carbonyl (C=O) groups is 1. The van der Waals surface area contributed by atoms with Crippen molar-refractivity contribution >= 4 is 11.9 Å². The number of hydrogen-bond donors (Lipinski definition) is 0. The quantitative estimate of drug-likeness (QED) is 0.522. The third kappa shape index (κ3) is 4.42. The number of allylic oxidation sites excluding steroid dienone is 1. The molecule has 0 heterocycles. The van der Waals surface area contributed by atoms with Gasteiger partial charge in [-0.25, -0.2) is 0 Å². The summed E-state index contributed by atoms with van der Waals surface area (Å²) in [5, 5.41) is 0. The number of rotatable bonds is 6. The lowest BCUT2D eigenvalue weighted by Crippen LogP contribution is -1.93. The topological polar surface area (TPSA) is 17.1 Å². The number of hydrogen-bond acceptors (Lipinski definition) is 1. The molecule has 0 aliphatic heterocycles. The van der Waals surface area contributed by atoms with Crippen LogP contribution in [0, 0.1) is 6.92 Å². The van der Waals surface area contributed by atoms with Crippen LogP contribution in [0.15, 0.2) is 54.6 Å². The lowest BCUT2D eigenvalue weighted by Gasteiger charge is -2.06. The summed E-state index contributed by atoms with van der Waals surface area (Å²) >= 11 is 0. The van der Waals surface area contributed by atoms with E-state index >= 15 is 0 Å². The van der Waals surface area contributed by atoms with Gasteiger partial charge in [0.1, 0.15) is 0 Å². The molecule has 2 aromatic carbocycles. The summed E-state index contributed by atoms with van der Waals surface area (Å²) in [7, 11) is 0. The average Bonchev–Trinajstić information content (AvgIpc) is 2.53. The lowest BCUT2D eigenvalue weighted by molar-refractivity contribution is 0.104. The molecule has 0 aromatic heterocycles. The number of carbonyl (C=O) groups excluding carboxylic acids is 1. The molecule has 21 heavy (non-hydrogen) atoms. The van der Waals surface area contributed by atoms with E-state index < -0.39 is 0 Å². The minimum Gasteiger partial charge on any atom is -0.289 e. The molecular weight excluding hydrogens is 256 g/mol. The van der Waals surface area contributed by atoms with Gasteiger partial charge < -0.3 is 0 Å². The fraction of sp³-hybridized carbons (Fsp3) is 0.250. The van der Waals surface area contributed by atoms with E-state index in [0.29, 0.717) is 0 Å². The maximum atomic E-state index is 12.1. The van der Waals surface area contributed by atoms with Crippen molar-refractivity contribution in [3.63, 3.8) is 0 Å². The summed E-state index contributed by atoms with van der Waals surface area (Å²) < 4.78 is 0. The van der Waals surface area contributed by atoms with Crippen molar-refractivity contribution in [3.05, 3.63) is 76.9 Å². The molecule has 0 aliphatic carbocycles. The van der Waals surface area contributed by atoms with Crippen LogP contribution in [0.25, 0.3) is 6.08 Å². The van der Waals surface area contributed by atoms with Gasteiger partial charge in [0.15, 0.2) is 5.78 Å². The molecule has 1 nitrogen and oxygen atoms in total. The minimum absolute atomic E-state index is 0.0475. The molecule has 0 aliphatic rings. The largest absolute Gasteiger partial charge is 0.289 e. The molecule has 0 spiro atoms. The first-order valence-electron chi connectivity index (χ1n) is 7.57. The SMILES string of the molecule is CCCCc1cc(C=CC(=O)c2ccccc2)ccc1C. The third-order valence-electron chi connectivity index (χ3n) is 3.66. The van der Waals surface area contributed by atoms with Crippen LogP contribution in [0.2, 0.25) is 0 Å². The average molecular weight is 278 g/mol.